The highest BCUT2D eigenvalue weighted by Gasteiger charge is 2.21. The predicted molar refractivity (Wildman–Crippen MR) is 72.9 cm³/mol. The number of anilines is 1. The van der Waals surface area contributed by atoms with Gasteiger partial charge in [-0.05, 0) is 41.4 Å². The van der Waals surface area contributed by atoms with E-state index in [2.05, 4.69) is 37.5 Å². The number of hydrogen-bond donors (Lipinski definition) is 1. The Labute approximate surface area is 109 Å². The molecule has 1 fully saturated rings. The molecule has 0 bridgehead atoms. The molecule has 0 radical (unpaired) electrons. The van der Waals surface area contributed by atoms with Crippen LogP contribution in [0.15, 0.2) is 17.0 Å². The van der Waals surface area contributed by atoms with E-state index in [1.807, 2.05) is 11.8 Å². The largest absolute Gasteiger partial charge is 0.366 e. The van der Waals surface area contributed by atoms with Crippen molar-refractivity contribution in [1.82, 2.24) is 9.97 Å². The van der Waals surface area contributed by atoms with Crippen molar-refractivity contribution < 1.29 is 0 Å². The van der Waals surface area contributed by atoms with Crippen LogP contribution in [0, 0.1) is 0 Å². The Morgan fingerprint density at radius 1 is 1.50 bits per heavy atom. The molecule has 0 amide bonds. The smallest absolute Gasteiger partial charge is 0.143 e. The molecule has 3 nitrogen and oxygen atoms in total. The van der Waals surface area contributed by atoms with Gasteiger partial charge in [0, 0.05) is 17.5 Å². The van der Waals surface area contributed by atoms with Crippen molar-refractivity contribution in [3.8, 4) is 0 Å². The summed E-state index contributed by atoms with van der Waals surface area (Å²) in [4.78, 5) is 8.21. The topological polar surface area (TPSA) is 37.8 Å². The van der Waals surface area contributed by atoms with Crippen LogP contribution in [0.3, 0.4) is 0 Å². The molecule has 2 rings (SSSR count). The van der Waals surface area contributed by atoms with Gasteiger partial charge in [0.05, 0.1) is 4.47 Å². The van der Waals surface area contributed by atoms with Crippen molar-refractivity contribution in [2.45, 2.75) is 37.0 Å². The molecule has 1 aliphatic rings. The molecule has 1 saturated carbocycles. The van der Waals surface area contributed by atoms with Crippen molar-refractivity contribution in [3.05, 3.63) is 17.0 Å². The molecule has 5 heteroatoms. The summed E-state index contributed by atoms with van der Waals surface area (Å²) in [6.07, 6.45) is 10.7. The number of hydrogen-bond acceptors (Lipinski definition) is 4. The molecule has 1 heterocycles. The first-order valence-corrected chi connectivity index (χ1v) is 7.62. The van der Waals surface area contributed by atoms with E-state index in [1.165, 1.54) is 25.7 Å². The molecule has 0 saturated heterocycles. The van der Waals surface area contributed by atoms with Crippen LogP contribution >= 0.6 is 27.7 Å². The minimum absolute atomic E-state index is 0.553. The Kier molecular flexibility index (Phi) is 4.46. The van der Waals surface area contributed by atoms with E-state index in [4.69, 9.17) is 0 Å². The summed E-state index contributed by atoms with van der Waals surface area (Å²) < 4.78 is 0.946. The highest BCUT2D eigenvalue weighted by atomic mass is 79.9. The fraction of sp³-hybridized carbons (Fsp3) is 0.636. The molecule has 1 aromatic heterocycles. The van der Waals surface area contributed by atoms with Gasteiger partial charge in [0.15, 0.2) is 0 Å². The lowest BCUT2D eigenvalue weighted by molar-refractivity contribution is 0.472. The maximum absolute atomic E-state index is 4.25. The fourth-order valence-electron chi connectivity index (χ4n) is 2.10. The Balaban J connectivity index is 1.97. The first-order chi connectivity index (χ1) is 7.79. The third-order valence-corrected chi connectivity index (χ3v) is 4.64. The van der Waals surface area contributed by atoms with E-state index in [0.29, 0.717) is 6.04 Å². The average molecular weight is 302 g/mol. The van der Waals surface area contributed by atoms with Gasteiger partial charge in [-0.3, -0.25) is 0 Å². The minimum atomic E-state index is 0.553. The normalized spacial score (nSPS) is 25.4. The van der Waals surface area contributed by atoms with Gasteiger partial charge in [0.25, 0.3) is 0 Å². The Morgan fingerprint density at radius 2 is 2.38 bits per heavy atom. The van der Waals surface area contributed by atoms with E-state index < -0.39 is 0 Å². The average Bonchev–Trinajstić information content (AvgIpc) is 2.32. The molecular formula is C11H16BrN3S. The lowest BCUT2D eigenvalue weighted by Gasteiger charge is -2.29. The Hall–Kier alpha value is -0.290. The van der Waals surface area contributed by atoms with Gasteiger partial charge in [-0.1, -0.05) is 6.42 Å². The van der Waals surface area contributed by atoms with Crippen LogP contribution in [-0.2, 0) is 0 Å². The first-order valence-electron chi connectivity index (χ1n) is 5.54. The summed E-state index contributed by atoms with van der Waals surface area (Å²) in [7, 11) is 0. The summed E-state index contributed by atoms with van der Waals surface area (Å²) in [6.45, 7) is 0. The highest BCUT2D eigenvalue weighted by Crippen LogP contribution is 2.29. The molecule has 2 atom stereocenters. The minimum Gasteiger partial charge on any atom is -0.366 e. The van der Waals surface area contributed by atoms with Crippen molar-refractivity contribution >= 4 is 33.5 Å². The van der Waals surface area contributed by atoms with Crippen LogP contribution < -0.4 is 5.32 Å². The second-order valence-corrected chi connectivity index (χ2v) is 6.08. The van der Waals surface area contributed by atoms with Crippen LogP contribution in [0.25, 0.3) is 0 Å². The SMILES string of the molecule is CSC1CCCC(Nc2ncncc2Br)C1. The van der Waals surface area contributed by atoms with Gasteiger partial charge in [-0.15, -0.1) is 0 Å². The van der Waals surface area contributed by atoms with Gasteiger partial charge >= 0.3 is 0 Å². The third-order valence-electron chi connectivity index (χ3n) is 2.97. The third kappa shape index (κ3) is 3.10. The Morgan fingerprint density at radius 3 is 3.12 bits per heavy atom. The summed E-state index contributed by atoms with van der Waals surface area (Å²) in [5.41, 5.74) is 0. The quantitative estimate of drug-likeness (QED) is 0.929. The zero-order valence-corrected chi connectivity index (χ0v) is 11.7. The molecule has 1 N–H and O–H groups in total. The molecule has 1 aromatic rings. The van der Waals surface area contributed by atoms with Gasteiger partial charge in [0.2, 0.25) is 0 Å². The zero-order chi connectivity index (χ0) is 11.4. The second-order valence-electron chi connectivity index (χ2n) is 4.08. The van der Waals surface area contributed by atoms with Gasteiger partial charge in [0.1, 0.15) is 12.1 Å². The predicted octanol–water partition coefficient (Wildman–Crippen LogP) is 3.33. The number of nitrogens with one attached hydrogen (secondary N) is 1. The molecule has 0 aromatic carbocycles. The van der Waals surface area contributed by atoms with Crippen molar-refractivity contribution in [2.75, 3.05) is 11.6 Å². The summed E-state index contributed by atoms with van der Waals surface area (Å²) in [5.74, 6) is 0.918. The molecule has 16 heavy (non-hydrogen) atoms. The zero-order valence-electron chi connectivity index (χ0n) is 9.32. The van der Waals surface area contributed by atoms with Gasteiger partial charge in [-0.25, -0.2) is 9.97 Å². The number of aromatic nitrogens is 2. The lowest BCUT2D eigenvalue weighted by Crippen LogP contribution is -2.29. The number of nitrogens with zero attached hydrogens (tertiary/aromatic N) is 2. The van der Waals surface area contributed by atoms with Gasteiger partial charge < -0.3 is 5.32 Å². The monoisotopic (exact) mass is 301 g/mol. The van der Waals surface area contributed by atoms with Gasteiger partial charge in [-0.2, -0.15) is 11.8 Å². The van der Waals surface area contributed by atoms with E-state index in [9.17, 15) is 0 Å². The first kappa shape index (κ1) is 12.2. The number of halogens is 1. The molecule has 0 aliphatic heterocycles. The fourth-order valence-corrected chi connectivity index (χ4v) is 3.26. The molecule has 1 aliphatic carbocycles. The number of thioether (sulfide) groups is 1. The molecule has 2 unspecified atom stereocenters. The molecular weight excluding hydrogens is 286 g/mol. The maximum Gasteiger partial charge on any atom is 0.143 e. The van der Waals surface area contributed by atoms with Crippen LogP contribution in [0.4, 0.5) is 5.82 Å². The van der Waals surface area contributed by atoms with E-state index in [0.717, 1.165) is 15.5 Å². The molecule has 0 spiro atoms. The molecule has 88 valence electrons. The lowest BCUT2D eigenvalue weighted by atomic mass is 9.95. The van der Waals surface area contributed by atoms with E-state index in [1.54, 1.807) is 12.5 Å². The second kappa shape index (κ2) is 5.87. The van der Waals surface area contributed by atoms with Crippen molar-refractivity contribution in [3.63, 3.8) is 0 Å². The van der Waals surface area contributed by atoms with E-state index >= 15 is 0 Å². The van der Waals surface area contributed by atoms with Crippen LogP contribution in [0.5, 0.6) is 0 Å². The highest BCUT2D eigenvalue weighted by molar-refractivity contribution is 9.10. The van der Waals surface area contributed by atoms with Crippen molar-refractivity contribution in [1.29, 1.82) is 0 Å². The number of rotatable bonds is 3. The summed E-state index contributed by atoms with van der Waals surface area (Å²) in [5, 5.41) is 4.30. The standard InChI is InChI=1S/C11H16BrN3S/c1-16-9-4-2-3-8(5-9)15-11-10(12)6-13-7-14-11/h6-9H,2-5H2,1H3,(H,13,14,15). The Bertz CT molecular complexity index is 348. The van der Waals surface area contributed by atoms with Crippen LogP contribution in [-0.4, -0.2) is 27.5 Å². The van der Waals surface area contributed by atoms with Crippen LogP contribution in [0.1, 0.15) is 25.7 Å². The van der Waals surface area contributed by atoms with Crippen molar-refractivity contribution in [2.24, 2.45) is 0 Å². The summed E-state index contributed by atoms with van der Waals surface area (Å²) in [6, 6.07) is 0.553. The van der Waals surface area contributed by atoms with E-state index in [-0.39, 0.29) is 0 Å². The van der Waals surface area contributed by atoms with Crippen LogP contribution in [0.2, 0.25) is 0 Å². The summed E-state index contributed by atoms with van der Waals surface area (Å²) >= 11 is 5.44. The maximum atomic E-state index is 4.25.